The van der Waals surface area contributed by atoms with Crippen molar-refractivity contribution in [3.63, 3.8) is 0 Å². The first kappa shape index (κ1) is 17.5. The number of fused-ring (bicyclic) bond motifs is 1. The van der Waals surface area contributed by atoms with E-state index in [0.717, 1.165) is 24.0 Å². The number of aromatic nitrogens is 3. The second-order valence-corrected chi connectivity index (χ2v) is 7.34. The van der Waals surface area contributed by atoms with Gasteiger partial charge in [0.1, 0.15) is 0 Å². The maximum atomic E-state index is 12.9. The van der Waals surface area contributed by atoms with Gasteiger partial charge in [0.25, 0.3) is 5.91 Å². The Morgan fingerprint density at radius 2 is 2.07 bits per heavy atom. The van der Waals surface area contributed by atoms with Gasteiger partial charge in [-0.1, -0.05) is 6.07 Å². The van der Waals surface area contributed by atoms with Crippen LogP contribution >= 0.6 is 0 Å². The molecule has 3 aromatic rings. The van der Waals surface area contributed by atoms with Gasteiger partial charge in [-0.3, -0.25) is 4.79 Å². The van der Waals surface area contributed by atoms with Crippen LogP contribution in [0, 0.1) is 5.92 Å². The largest absolute Gasteiger partial charge is 0.361 e. The van der Waals surface area contributed by atoms with Crippen molar-refractivity contribution < 1.29 is 4.79 Å². The Bertz CT molecular complexity index is 922. The first-order valence-corrected chi connectivity index (χ1v) is 9.15. The number of hydrogen-bond acceptors (Lipinski definition) is 5. The number of nitrogens with one attached hydrogen (secondary N) is 2. The fourth-order valence-electron chi connectivity index (χ4n) is 3.75. The summed E-state index contributed by atoms with van der Waals surface area (Å²) < 4.78 is 0. The fraction of sp³-hybridized carbons (Fsp3) is 0.350. The minimum atomic E-state index is -0.0453. The number of carbonyl (C=O) groups is 1. The van der Waals surface area contributed by atoms with Crippen molar-refractivity contribution in [2.24, 2.45) is 5.92 Å². The highest BCUT2D eigenvalue weighted by molar-refractivity contribution is 5.98. The van der Waals surface area contributed by atoms with E-state index < -0.39 is 0 Å². The number of carbonyl (C=O) groups excluding carboxylic acids is 1. The van der Waals surface area contributed by atoms with Crippen molar-refractivity contribution in [2.75, 3.05) is 38.6 Å². The lowest BCUT2D eigenvalue weighted by molar-refractivity contribution is 0.0928. The third-order valence-electron chi connectivity index (χ3n) is 5.01. The maximum absolute atomic E-state index is 12.9. The summed E-state index contributed by atoms with van der Waals surface area (Å²) in [7, 11) is 4.11. The Balaban J connectivity index is 1.51. The predicted molar refractivity (Wildman–Crippen MR) is 106 cm³/mol. The zero-order valence-electron chi connectivity index (χ0n) is 15.6. The van der Waals surface area contributed by atoms with Gasteiger partial charge in [-0.25, -0.2) is 9.97 Å². The summed E-state index contributed by atoms with van der Waals surface area (Å²) in [4.78, 5) is 29.0. The molecule has 0 aliphatic carbocycles. The molecule has 4 rings (SSSR count). The highest BCUT2D eigenvalue weighted by atomic mass is 16.1. The van der Waals surface area contributed by atoms with Crippen LogP contribution in [0.4, 0.5) is 5.95 Å². The SMILES string of the molecule is CN(C)C[C@@H]1CN(c2ncccn2)C[C@H]1NC(=O)c1ccc2cc[nH]c2c1. The third-order valence-corrected chi connectivity index (χ3v) is 5.01. The molecule has 1 amide bonds. The monoisotopic (exact) mass is 364 g/mol. The Labute approximate surface area is 158 Å². The minimum absolute atomic E-state index is 0.0445. The third kappa shape index (κ3) is 3.78. The fourth-order valence-corrected chi connectivity index (χ4v) is 3.75. The normalized spacial score (nSPS) is 19.7. The zero-order chi connectivity index (χ0) is 18.8. The molecule has 2 N–H and O–H groups in total. The van der Waals surface area contributed by atoms with Crippen LogP contribution in [-0.2, 0) is 0 Å². The van der Waals surface area contributed by atoms with E-state index in [4.69, 9.17) is 0 Å². The molecule has 0 saturated carbocycles. The number of anilines is 1. The van der Waals surface area contributed by atoms with Crippen LogP contribution in [-0.4, -0.2) is 65.5 Å². The van der Waals surface area contributed by atoms with Crippen molar-refractivity contribution in [2.45, 2.75) is 6.04 Å². The molecule has 0 radical (unpaired) electrons. The molecule has 7 nitrogen and oxygen atoms in total. The topological polar surface area (TPSA) is 77.2 Å². The molecule has 3 heterocycles. The average Bonchev–Trinajstić information content (AvgIpc) is 3.28. The Hall–Kier alpha value is -2.93. The summed E-state index contributed by atoms with van der Waals surface area (Å²) in [6, 6.07) is 9.60. The average molecular weight is 364 g/mol. The molecular formula is C20H24N6O. The summed E-state index contributed by atoms with van der Waals surface area (Å²) in [6.07, 6.45) is 5.38. The molecule has 2 aromatic heterocycles. The summed E-state index contributed by atoms with van der Waals surface area (Å²) in [5.74, 6) is 0.976. The Morgan fingerprint density at radius 3 is 2.85 bits per heavy atom. The van der Waals surface area contributed by atoms with Crippen LogP contribution in [0.2, 0.25) is 0 Å². The van der Waals surface area contributed by atoms with Crippen LogP contribution in [0.25, 0.3) is 10.9 Å². The number of nitrogens with zero attached hydrogens (tertiary/aromatic N) is 4. The van der Waals surface area contributed by atoms with Gasteiger partial charge in [-0.05, 0) is 43.7 Å². The van der Waals surface area contributed by atoms with Gasteiger partial charge >= 0.3 is 0 Å². The van der Waals surface area contributed by atoms with E-state index in [1.807, 2.05) is 36.5 Å². The molecule has 7 heteroatoms. The van der Waals surface area contributed by atoms with Gasteiger partial charge in [0.05, 0.1) is 6.04 Å². The maximum Gasteiger partial charge on any atom is 0.251 e. The van der Waals surface area contributed by atoms with Crippen LogP contribution < -0.4 is 10.2 Å². The van der Waals surface area contributed by atoms with Gasteiger partial charge in [-0.2, -0.15) is 0 Å². The van der Waals surface area contributed by atoms with E-state index in [-0.39, 0.29) is 11.9 Å². The summed E-state index contributed by atoms with van der Waals surface area (Å²) in [6.45, 7) is 2.42. The first-order chi connectivity index (χ1) is 13.1. The van der Waals surface area contributed by atoms with Crippen molar-refractivity contribution in [3.05, 3.63) is 54.5 Å². The number of hydrogen-bond donors (Lipinski definition) is 2. The highest BCUT2D eigenvalue weighted by Gasteiger charge is 2.35. The lowest BCUT2D eigenvalue weighted by Crippen LogP contribution is -2.43. The van der Waals surface area contributed by atoms with Gasteiger partial charge in [0.2, 0.25) is 5.95 Å². The zero-order valence-corrected chi connectivity index (χ0v) is 15.6. The standard InChI is InChI=1S/C20H24N6O/c1-25(2)11-16-12-26(20-22-7-3-8-23-20)13-18(16)24-19(27)15-5-4-14-6-9-21-17(14)10-15/h3-10,16,18,21H,11-13H2,1-2H3,(H,24,27)/t16-,18-/m1/s1. The second kappa shape index (κ2) is 7.36. The van der Waals surface area contributed by atoms with Gasteiger partial charge in [-0.15, -0.1) is 0 Å². The lowest BCUT2D eigenvalue weighted by atomic mass is 10.0. The van der Waals surface area contributed by atoms with E-state index in [9.17, 15) is 4.79 Å². The Kier molecular flexibility index (Phi) is 4.77. The first-order valence-electron chi connectivity index (χ1n) is 9.15. The van der Waals surface area contributed by atoms with Crippen molar-refractivity contribution in [3.8, 4) is 0 Å². The minimum Gasteiger partial charge on any atom is -0.361 e. The van der Waals surface area contributed by atoms with Gasteiger partial charge < -0.3 is 20.1 Å². The quantitative estimate of drug-likeness (QED) is 0.721. The second-order valence-electron chi connectivity index (χ2n) is 7.34. The molecule has 0 bridgehead atoms. The molecule has 140 valence electrons. The number of rotatable bonds is 5. The molecule has 1 saturated heterocycles. The lowest BCUT2D eigenvalue weighted by Gasteiger charge is -2.22. The van der Waals surface area contributed by atoms with Crippen LogP contribution in [0.15, 0.2) is 48.9 Å². The highest BCUT2D eigenvalue weighted by Crippen LogP contribution is 2.22. The Morgan fingerprint density at radius 1 is 1.26 bits per heavy atom. The van der Waals surface area contributed by atoms with Crippen molar-refractivity contribution in [1.29, 1.82) is 0 Å². The molecule has 1 aliphatic rings. The molecule has 1 aliphatic heterocycles. The molecule has 1 aromatic carbocycles. The van der Waals surface area contributed by atoms with E-state index in [0.29, 0.717) is 24.0 Å². The molecule has 2 atom stereocenters. The van der Waals surface area contributed by atoms with Crippen molar-refractivity contribution in [1.82, 2.24) is 25.2 Å². The van der Waals surface area contributed by atoms with E-state index in [2.05, 4.69) is 44.2 Å². The molecule has 0 unspecified atom stereocenters. The number of H-pyrrole nitrogens is 1. The molecular weight excluding hydrogens is 340 g/mol. The molecule has 1 fully saturated rings. The van der Waals surface area contributed by atoms with Crippen molar-refractivity contribution >= 4 is 22.8 Å². The van der Waals surface area contributed by atoms with Crippen LogP contribution in [0.1, 0.15) is 10.4 Å². The smallest absolute Gasteiger partial charge is 0.251 e. The van der Waals surface area contributed by atoms with Crippen LogP contribution in [0.5, 0.6) is 0 Å². The number of amides is 1. The van der Waals surface area contributed by atoms with E-state index in [1.165, 1.54) is 0 Å². The number of benzene rings is 1. The summed E-state index contributed by atoms with van der Waals surface area (Å²) in [5, 5.41) is 4.33. The van der Waals surface area contributed by atoms with Crippen LogP contribution in [0.3, 0.4) is 0 Å². The summed E-state index contributed by atoms with van der Waals surface area (Å²) in [5.41, 5.74) is 1.64. The van der Waals surface area contributed by atoms with Gasteiger partial charge in [0, 0.05) is 55.2 Å². The van der Waals surface area contributed by atoms with E-state index in [1.54, 1.807) is 12.4 Å². The molecule has 27 heavy (non-hydrogen) atoms. The molecule has 0 spiro atoms. The van der Waals surface area contributed by atoms with Gasteiger partial charge in [0.15, 0.2) is 0 Å². The van der Waals surface area contributed by atoms with E-state index >= 15 is 0 Å². The predicted octanol–water partition coefficient (Wildman–Crippen LogP) is 1.75. The number of aromatic amines is 1. The summed E-state index contributed by atoms with van der Waals surface area (Å²) >= 11 is 0.